The second kappa shape index (κ2) is 6.50. The highest BCUT2D eigenvalue weighted by Crippen LogP contribution is 2.43. The van der Waals surface area contributed by atoms with Crippen molar-refractivity contribution in [3.8, 4) is 11.5 Å². The SMILES string of the molecule is Cc1c2c(cc3c1O/C(=C\c1ccccn1)C3=O)CN(C1CCCC1)CO2. The van der Waals surface area contributed by atoms with Crippen LogP contribution in [0.4, 0.5) is 0 Å². The van der Waals surface area contributed by atoms with E-state index in [4.69, 9.17) is 9.47 Å². The minimum atomic E-state index is -0.0838. The summed E-state index contributed by atoms with van der Waals surface area (Å²) in [5.41, 5.74) is 3.33. The van der Waals surface area contributed by atoms with Crippen LogP contribution >= 0.6 is 0 Å². The number of hydrogen-bond acceptors (Lipinski definition) is 5. The predicted molar refractivity (Wildman–Crippen MR) is 102 cm³/mol. The van der Waals surface area contributed by atoms with Crippen LogP contribution in [0.1, 0.15) is 52.9 Å². The monoisotopic (exact) mass is 362 g/mol. The van der Waals surface area contributed by atoms with E-state index in [1.165, 1.54) is 25.7 Å². The second-order valence-electron chi connectivity index (χ2n) is 7.52. The third-order valence-corrected chi connectivity index (χ3v) is 5.77. The number of nitrogens with zero attached hydrogens (tertiary/aromatic N) is 2. The molecule has 1 fully saturated rings. The Morgan fingerprint density at radius 1 is 1.22 bits per heavy atom. The molecule has 1 saturated carbocycles. The summed E-state index contributed by atoms with van der Waals surface area (Å²) in [4.78, 5) is 19.5. The van der Waals surface area contributed by atoms with Gasteiger partial charge in [0.2, 0.25) is 5.78 Å². The quantitative estimate of drug-likeness (QED) is 0.753. The van der Waals surface area contributed by atoms with Crippen LogP contribution in [0.3, 0.4) is 0 Å². The number of fused-ring (bicyclic) bond motifs is 2. The van der Waals surface area contributed by atoms with Crippen molar-refractivity contribution in [3.05, 3.63) is 58.6 Å². The fourth-order valence-electron chi connectivity index (χ4n) is 4.37. The third-order valence-electron chi connectivity index (χ3n) is 5.77. The summed E-state index contributed by atoms with van der Waals surface area (Å²) in [7, 11) is 0. The lowest BCUT2D eigenvalue weighted by Crippen LogP contribution is -2.39. The van der Waals surface area contributed by atoms with Gasteiger partial charge in [0, 0.05) is 36.0 Å². The van der Waals surface area contributed by atoms with Crippen LogP contribution in [0, 0.1) is 6.92 Å². The zero-order chi connectivity index (χ0) is 18.4. The number of Topliss-reactive ketones (excluding diaryl/α,β-unsaturated/α-hetero) is 1. The fourth-order valence-corrected chi connectivity index (χ4v) is 4.37. The van der Waals surface area contributed by atoms with Crippen LogP contribution < -0.4 is 9.47 Å². The van der Waals surface area contributed by atoms with E-state index >= 15 is 0 Å². The molecule has 0 unspecified atom stereocenters. The van der Waals surface area contributed by atoms with Gasteiger partial charge in [0.1, 0.15) is 18.2 Å². The molecule has 1 aliphatic carbocycles. The van der Waals surface area contributed by atoms with Gasteiger partial charge in [0.25, 0.3) is 0 Å². The first-order chi connectivity index (χ1) is 13.2. The standard InChI is InChI=1S/C22H22N2O3/c1-14-21-15(12-24(13-26-21)17-7-2-3-8-17)10-18-20(25)19(27-22(14)18)11-16-6-4-5-9-23-16/h4-6,9-11,17H,2-3,7-8,12-13H2,1H3/b19-11-. The average molecular weight is 362 g/mol. The molecular weight excluding hydrogens is 340 g/mol. The maximum absolute atomic E-state index is 12.9. The number of aromatic nitrogens is 1. The molecule has 5 heteroatoms. The topological polar surface area (TPSA) is 51.7 Å². The molecule has 0 atom stereocenters. The number of pyridine rings is 1. The smallest absolute Gasteiger partial charge is 0.232 e. The van der Waals surface area contributed by atoms with Gasteiger partial charge in [0.05, 0.1) is 11.3 Å². The highest BCUT2D eigenvalue weighted by atomic mass is 16.5. The minimum Gasteiger partial charge on any atom is -0.477 e. The number of carbonyl (C=O) groups is 1. The lowest BCUT2D eigenvalue weighted by molar-refractivity contribution is 0.0570. The van der Waals surface area contributed by atoms with Crippen molar-refractivity contribution in [2.75, 3.05) is 6.73 Å². The molecule has 5 nitrogen and oxygen atoms in total. The highest BCUT2D eigenvalue weighted by molar-refractivity contribution is 6.15. The average Bonchev–Trinajstić information content (AvgIpc) is 3.33. The van der Waals surface area contributed by atoms with Gasteiger partial charge in [0.15, 0.2) is 5.76 Å². The number of hydrogen-bond donors (Lipinski definition) is 0. The van der Waals surface area contributed by atoms with Crippen molar-refractivity contribution in [1.82, 2.24) is 9.88 Å². The van der Waals surface area contributed by atoms with E-state index < -0.39 is 0 Å². The van der Waals surface area contributed by atoms with E-state index in [1.54, 1.807) is 12.3 Å². The Morgan fingerprint density at radius 2 is 2.07 bits per heavy atom. The molecule has 3 aliphatic rings. The second-order valence-corrected chi connectivity index (χ2v) is 7.52. The molecule has 2 aromatic rings. The summed E-state index contributed by atoms with van der Waals surface area (Å²) in [6.45, 7) is 3.42. The Morgan fingerprint density at radius 3 is 2.85 bits per heavy atom. The van der Waals surface area contributed by atoms with E-state index in [1.807, 2.05) is 31.2 Å². The Balaban J connectivity index is 1.48. The van der Waals surface area contributed by atoms with E-state index in [-0.39, 0.29) is 5.78 Å². The summed E-state index contributed by atoms with van der Waals surface area (Å²) in [6.07, 6.45) is 8.47. The summed E-state index contributed by atoms with van der Waals surface area (Å²) in [5.74, 6) is 1.73. The molecule has 0 radical (unpaired) electrons. The van der Waals surface area contributed by atoms with Crippen molar-refractivity contribution >= 4 is 11.9 Å². The summed E-state index contributed by atoms with van der Waals surface area (Å²) >= 11 is 0. The van der Waals surface area contributed by atoms with Gasteiger partial charge >= 0.3 is 0 Å². The molecule has 0 bridgehead atoms. The first-order valence-corrected chi connectivity index (χ1v) is 9.59. The van der Waals surface area contributed by atoms with Gasteiger partial charge in [-0.15, -0.1) is 0 Å². The Bertz CT molecular complexity index is 930. The number of allylic oxidation sites excluding steroid dienone is 1. The minimum absolute atomic E-state index is 0.0838. The number of benzene rings is 1. The molecule has 27 heavy (non-hydrogen) atoms. The molecule has 0 spiro atoms. The predicted octanol–water partition coefficient (Wildman–Crippen LogP) is 4.10. The molecule has 2 aliphatic heterocycles. The van der Waals surface area contributed by atoms with Crippen LogP contribution in [0.15, 0.2) is 36.2 Å². The molecule has 0 N–H and O–H groups in total. The maximum Gasteiger partial charge on any atom is 0.232 e. The summed E-state index contributed by atoms with van der Waals surface area (Å²) in [6, 6.07) is 8.15. The number of ketones is 1. The van der Waals surface area contributed by atoms with Crippen molar-refractivity contribution in [2.24, 2.45) is 0 Å². The number of rotatable bonds is 2. The van der Waals surface area contributed by atoms with E-state index in [0.717, 1.165) is 23.4 Å². The van der Waals surface area contributed by atoms with E-state index in [0.29, 0.717) is 35.5 Å². The van der Waals surface area contributed by atoms with E-state index in [2.05, 4.69) is 9.88 Å². The number of carbonyl (C=O) groups excluding carboxylic acids is 1. The number of ether oxygens (including phenoxy) is 2. The zero-order valence-electron chi connectivity index (χ0n) is 15.4. The molecule has 1 aromatic carbocycles. The highest BCUT2D eigenvalue weighted by Gasteiger charge is 2.35. The molecule has 138 valence electrons. The largest absolute Gasteiger partial charge is 0.477 e. The van der Waals surface area contributed by atoms with Gasteiger partial charge in [-0.25, -0.2) is 0 Å². The third kappa shape index (κ3) is 2.82. The first-order valence-electron chi connectivity index (χ1n) is 9.59. The van der Waals surface area contributed by atoms with Gasteiger partial charge < -0.3 is 9.47 Å². The van der Waals surface area contributed by atoms with Crippen LogP contribution in [0.5, 0.6) is 11.5 Å². The van der Waals surface area contributed by atoms with Crippen LogP contribution in [0.25, 0.3) is 6.08 Å². The van der Waals surface area contributed by atoms with E-state index in [9.17, 15) is 4.79 Å². The summed E-state index contributed by atoms with van der Waals surface area (Å²) in [5, 5.41) is 0. The molecule has 1 aromatic heterocycles. The zero-order valence-corrected chi connectivity index (χ0v) is 15.4. The maximum atomic E-state index is 12.9. The Kier molecular flexibility index (Phi) is 3.97. The molecule has 0 amide bonds. The lowest BCUT2D eigenvalue weighted by atomic mass is 9.99. The normalized spacial score (nSPS) is 21.1. The van der Waals surface area contributed by atoms with Gasteiger partial charge in [-0.05, 0) is 38.0 Å². The molecule has 5 rings (SSSR count). The van der Waals surface area contributed by atoms with Crippen molar-refractivity contribution < 1.29 is 14.3 Å². The van der Waals surface area contributed by atoms with Crippen LogP contribution in [-0.4, -0.2) is 28.4 Å². The summed E-state index contributed by atoms with van der Waals surface area (Å²) < 4.78 is 12.0. The fraction of sp³-hybridized carbons (Fsp3) is 0.364. The van der Waals surface area contributed by atoms with Crippen molar-refractivity contribution in [3.63, 3.8) is 0 Å². The van der Waals surface area contributed by atoms with Gasteiger partial charge in [-0.3, -0.25) is 14.7 Å². The Hall–Kier alpha value is -2.66. The van der Waals surface area contributed by atoms with Gasteiger partial charge in [-0.2, -0.15) is 0 Å². The first kappa shape index (κ1) is 16.5. The van der Waals surface area contributed by atoms with Crippen molar-refractivity contribution in [2.45, 2.75) is 45.2 Å². The van der Waals surface area contributed by atoms with Gasteiger partial charge in [-0.1, -0.05) is 18.9 Å². The molecular formula is C22H22N2O3. The molecule has 3 heterocycles. The lowest BCUT2D eigenvalue weighted by Gasteiger charge is -2.34. The van der Waals surface area contributed by atoms with Crippen LogP contribution in [0.2, 0.25) is 0 Å². The van der Waals surface area contributed by atoms with Crippen molar-refractivity contribution in [1.29, 1.82) is 0 Å². The van der Waals surface area contributed by atoms with Crippen LogP contribution in [-0.2, 0) is 6.54 Å². The molecule has 0 saturated heterocycles. The Labute approximate surface area is 158 Å².